The highest BCUT2D eigenvalue weighted by Gasteiger charge is 2.36. The van der Waals surface area contributed by atoms with E-state index in [0.29, 0.717) is 52.9 Å². The fourth-order valence-corrected chi connectivity index (χ4v) is 6.38. The number of thiazole rings is 1. The number of hydrazone groups is 1. The molecule has 1 aromatic carbocycles. The standard InChI is InChI=1S/C24H28N6O4S2/c1-25-12-15-34-20-11-10-19-23(27-20)35-24(26-19)28-22(31)21(29-30-13-2-3-14-30)16-4-6-17(7-5-16)36(32,33)18-8-9-18/h4-7,10-11,18,25H,2-3,8-9,12-15H2,1H3,(H,26,28,31). The Morgan fingerprint density at radius 2 is 1.89 bits per heavy atom. The van der Waals surface area contributed by atoms with Crippen molar-refractivity contribution in [3.8, 4) is 5.88 Å². The lowest BCUT2D eigenvalue weighted by Crippen LogP contribution is -2.27. The van der Waals surface area contributed by atoms with Crippen LogP contribution in [0.15, 0.2) is 46.4 Å². The monoisotopic (exact) mass is 528 g/mol. The molecule has 1 saturated heterocycles. The van der Waals surface area contributed by atoms with Gasteiger partial charge in [0.15, 0.2) is 20.7 Å². The van der Waals surface area contributed by atoms with Gasteiger partial charge in [-0.1, -0.05) is 23.5 Å². The Morgan fingerprint density at radius 1 is 1.14 bits per heavy atom. The smallest absolute Gasteiger partial charge is 0.278 e. The third-order valence-electron chi connectivity index (χ3n) is 6.01. The molecule has 2 N–H and O–H groups in total. The summed E-state index contributed by atoms with van der Waals surface area (Å²) in [5.74, 6) is 0.0843. The van der Waals surface area contributed by atoms with Crippen molar-refractivity contribution in [1.29, 1.82) is 0 Å². The SMILES string of the molecule is CNCCOc1ccc2nc(NC(=O)C(=NN3CCCC3)c3ccc(S(=O)(=O)C4CC4)cc3)sc2n1. The predicted octanol–water partition coefficient (Wildman–Crippen LogP) is 2.66. The van der Waals surface area contributed by atoms with Gasteiger partial charge in [0, 0.05) is 31.3 Å². The molecule has 2 aromatic heterocycles. The molecule has 10 nitrogen and oxygen atoms in total. The molecule has 2 fully saturated rings. The van der Waals surface area contributed by atoms with Crippen molar-refractivity contribution in [2.45, 2.75) is 35.8 Å². The summed E-state index contributed by atoms with van der Waals surface area (Å²) in [6.07, 6.45) is 3.43. The van der Waals surface area contributed by atoms with Crippen molar-refractivity contribution in [2.75, 3.05) is 38.6 Å². The van der Waals surface area contributed by atoms with E-state index in [4.69, 9.17) is 4.74 Å². The molecule has 190 valence electrons. The van der Waals surface area contributed by atoms with Crippen molar-refractivity contribution in [1.82, 2.24) is 20.3 Å². The van der Waals surface area contributed by atoms with Gasteiger partial charge in [0.05, 0.1) is 10.1 Å². The number of nitrogens with one attached hydrogen (secondary N) is 2. The number of pyridine rings is 1. The van der Waals surface area contributed by atoms with Crippen LogP contribution in [0.1, 0.15) is 31.2 Å². The minimum atomic E-state index is -3.31. The number of hydrogen-bond donors (Lipinski definition) is 2. The zero-order chi connectivity index (χ0) is 25.1. The number of ether oxygens (including phenoxy) is 1. The van der Waals surface area contributed by atoms with Gasteiger partial charge in [0.25, 0.3) is 5.91 Å². The maximum absolute atomic E-state index is 13.3. The fraction of sp³-hybridized carbons (Fsp3) is 0.417. The Balaban J connectivity index is 1.37. The van der Waals surface area contributed by atoms with Crippen LogP contribution in [0.2, 0.25) is 0 Å². The number of nitrogens with zero attached hydrogens (tertiary/aromatic N) is 4. The second kappa shape index (κ2) is 10.5. The first-order valence-electron chi connectivity index (χ1n) is 12.0. The number of hydrogen-bond acceptors (Lipinski definition) is 10. The first-order valence-corrected chi connectivity index (χ1v) is 14.3. The Bertz CT molecular complexity index is 1380. The topological polar surface area (TPSA) is 126 Å². The predicted molar refractivity (Wildman–Crippen MR) is 139 cm³/mol. The van der Waals surface area contributed by atoms with Gasteiger partial charge < -0.3 is 10.1 Å². The summed E-state index contributed by atoms with van der Waals surface area (Å²) in [5.41, 5.74) is 1.42. The van der Waals surface area contributed by atoms with Gasteiger partial charge >= 0.3 is 0 Å². The van der Waals surface area contributed by atoms with Crippen molar-refractivity contribution >= 4 is 48.3 Å². The molecule has 2 aliphatic rings. The lowest BCUT2D eigenvalue weighted by Gasteiger charge is -2.14. The highest BCUT2D eigenvalue weighted by molar-refractivity contribution is 7.92. The van der Waals surface area contributed by atoms with E-state index in [-0.39, 0.29) is 15.9 Å². The Labute approximate surface area is 213 Å². The molecule has 1 aliphatic heterocycles. The van der Waals surface area contributed by atoms with Crippen molar-refractivity contribution < 1.29 is 17.9 Å². The Kier molecular flexibility index (Phi) is 7.17. The largest absolute Gasteiger partial charge is 0.476 e. The summed E-state index contributed by atoms with van der Waals surface area (Å²) in [4.78, 5) is 23.2. The molecule has 1 saturated carbocycles. The molecule has 3 heterocycles. The van der Waals surface area contributed by atoms with E-state index in [0.717, 1.165) is 25.9 Å². The quantitative estimate of drug-likeness (QED) is 0.304. The van der Waals surface area contributed by atoms with Crippen LogP contribution in [0.5, 0.6) is 5.88 Å². The summed E-state index contributed by atoms with van der Waals surface area (Å²) in [6, 6.07) is 9.99. The molecule has 1 aliphatic carbocycles. The number of carbonyl (C=O) groups is 1. The lowest BCUT2D eigenvalue weighted by molar-refractivity contribution is -0.110. The highest BCUT2D eigenvalue weighted by atomic mass is 32.2. The lowest BCUT2D eigenvalue weighted by atomic mass is 10.1. The van der Waals surface area contributed by atoms with Crippen molar-refractivity contribution in [3.05, 3.63) is 42.0 Å². The van der Waals surface area contributed by atoms with Crippen LogP contribution in [0, 0.1) is 0 Å². The van der Waals surface area contributed by atoms with Gasteiger partial charge in [-0.2, -0.15) is 5.10 Å². The van der Waals surface area contributed by atoms with E-state index >= 15 is 0 Å². The molecule has 5 rings (SSSR count). The molecule has 0 atom stereocenters. The molecule has 12 heteroatoms. The number of fused-ring (bicyclic) bond motifs is 1. The van der Waals surface area contributed by atoms with Gasteiger partial charge in [-0.25, -0.2) is 18.4 Å². The van der Waals surface area contributed by atoms with Gasteiger partial charge in [-0.15, -0.1) is 0 Å². The average molecular weight is 529 g/mol. The van der Waals surface area contributed by atoms with E-state index in [1.54, 1.807) is 30.3 Å². The van der Waals surface area contributed by atoms with Crippen LogP contribution in [0.4, 0.5) is 5.13 Å². The van der Waals surface area contributed by atoms with E-state index < -0.39 is 15.7 Å². The Morgan fingerprint density at radius 3 is 2.58 bits per heavy atom. The van der Waals surface area contributed by atoms with E-state index in [1.807, 2.05) is 18.1 Å². The molecular formula is C24H28N6O4S2. The summed E-state index contributed by atoms with van der Waals surface area (Å²) in [7, 11) is -1.45. The third-order valence-corrected chi connectivity index (χ3v) is 9.17. The third kappa shape index (κ3) is 5.50. The number of anilines is 1. The van der Waals surface area contributed by atoms with E-state index in [1.165, 1.54) is 11.3 Å². The summed E-state index contributed by atoms with van der Waals surface area (Å²) in [5, 5.41) is 12.5. The molecule has 0 spiro atoms. The zero-order valence-electron chi connectivity index (χ0n) is 19.9. The molecule has 3 aromatic rings. The normalized spacial score (nSPS) is 16.5. The summed E-state index contributed by atoms with van der Waals surface area (Å²) in [6.45, 7) is 2.74. The minimum absolute atomic E-state index is 0.218. The van der Waals surface area contributed by atoms with Gasteiger partial charge in [0.1, 0.15) is 17.0 Å². The summed E-state index contributed by atoms with van der Waals surface area (Å²) >= 11 is 1.25. The second-order valence-corrected chi connectivity index (χ2v) is 12.0. The van der Waals surface area contributed by atoms with E-state index in [2.05, 4.69) is 25.7 Å². The molecule has 1 amide bonds. The Hall–Kier alpha value is -3.09. The number of likely N-dealkylation sites (N-methyl/N-ethyl adjacent to an activating group) is 1. The first kappa shape index (κ1) is 24.6. The number of sulfone groups is 1. The average Bonchev–Trinajstić information content (AvgIpc) is 3.48. The fourth-order valence-electron chi connectivity index (χ4n) is 3.90. The van der Waals surface area contributed by atoms with Crippen LogP contribution in [-0.2, 0) is 14.6 Å². The van der Waals surface area contributed by atoms with Crippen LogP contribution in [0.25, 0.3) is 10.3 Å². The number of amides is 1. The molecule has 36 heavy (non-hydrogen) atoms. The molecule has 0 radical (unpaired) electrons. The number of carbonyl (C=O) groups excluding carboxylic acids is 1. The first-order chi connectivity index (χ1) is 17.4. The number of aromatic nitrogens is 2. The maximum atomic E-state index is 13.3. The van der Waals surface area contributed by atoms with Gasteiger partial charge in [-0.3, -0.25) is 15.1 Å². The molecule has 0 unspecified atom stereocenters. The van der Waals surface area contributed by atoms with Gasteiger partial charge in [-0.05, 0) is 50.9 Å². The minimum Gasteiger partial charge on any atom is -0.476 e. The number of rotatable bonds is 10. The summed E-state index contributed by atoms with van der Waals surface area (Å²) < 4.78 is 30.8. The molecular weight excluding hydrogens is 500 g/mol. The molecule has 0 bridgehead atoms. The maximum Gasteiger partial charge on any atom is 0.278 e. The van der Waals surface area contributed by atoms with Crippen molar-refractivity contribution in [3.63, 3.8) is 0 Å². The van der Waals surface area contributed by atoms with Gasteiger partial charge in [0.2, 0.25) is 5.88 Å². The van der Waals surface area contributed by atoms with Crippen LogP contribution < -0.4 is 15.4 Å². The van der Waals surface area contributed by atoms with Crippen molar-refractivity contribution in [2.24, 2.45) is 5.10 Å². The van der Waals surface area contributed by atoms with Crippen LogP contribution in [0.3, 0.4) is 0 Å². The second-order valence-electron chi connectivity index (χ2n) is 8.78. The zero-order valence-corrected chi connectivity index (χ0v) is 21.6. The van der Waals surface area contributed by atoms with E-state index in [9.17, 15) is 13.2 Å². The van der Waals surface area contributed by atoms with Crippen LogP contribution >= 0.6 is 11.3 Å². The highest BCUT2D eigenvalue weighted by Crippen LogP contribution is 2.33. The van der Waals surface area contributed by atoms with Crippen LogP contribution in [-0.4, -0.2) is 73.6 Å². The number of benzene rings is 1.